The Morgan fingerprint density at radius 3 is 2.50 bits per heavy atom. The van der Waals surface area contributed by atoms with E-state index in [1.807, 2.05) is 47.8 Å². The maximum atomic E-state index is 12.2. The Kier molecular flexibility index (Phi) is 7.22. The first kappa shape index (κ1) is 20.1. The molecule has 0 fully saturated rings. The van der Waals surface area contributed by atoms with Crippen LogP contribution in [-0.2, 0) is 6.54 Å². The quantitative estimate of drug-likeness (QED) is 0.495. The molecule has 0 aliphatic heterocycles. The fourth-order valence-electron chi connectivity index (χ4n) is 2.44. The Labute approximate surface area is 175 Å². The molecule has 28 heavy (non-hydrogen) atoms. The number of amides is 2. The second-order valence-corrected chi connectivity index (χ2v) is 7.78. The van der Waals surface area contributed by atoms with Gasteiger partial charge < -0.3 is 15.4 Å². The molecule has 3 rings (SSSR count). The van der Waals surface area contributed by atoms with Gasteiger partial charge in [0.25, 0.3) is 11.8 Å². The number of hydrogen-bond donors (Lipinski definition) is 2. The third-order valence-electron chi connectivity index (χ3n) is 3.87. The van der Waals surface area contributed by atoms with E-state index in [0.717, 1.165) is 15.8 Å². The topological polar surface area (TPSA) is 67.4 Å². The van der Waals surface area contributed by atoms with E-state index in [2.05, 4.69) is 26.6 Å². The summed E-state index contributed by atoms with van der Waals surface area (Å²) in [7, 11) is 0. The van der Waals surface area contributed by atoms with Gasteiger partial charge in [-0.3, -0.25) is 9.59 Å². The first-order chi connectivity index (χ1) is 13.6. The SMILES string of the molecule is O=C(NCCOc1cccc(Br)c1)c1ccc(CNC(=O)c2cccs2)cc1. The highest BCUT2D eigenvalue weighted by molar-refractivity contribution is 9.10. The Balaban J connectivity index is 1.41. The molecule has 0 unspecified atom stereocenters. The zero-order valence-corrected chi connectivity index (χ0v) is 17.4. The normalized spacial score (nSPS) is 10.3. The first-order valence-corrected chi connectivity index (χ1v) is 10.4. The number of thiophene rings is 1. The number of rotatable bonds is 8. The summed E-state index contributed by atoms with van der Waals surface area (Å²) in [5.74, 6) is 0.492. The van der Waals surface area contributed by atoms with E-state index in [-0.39, 0.29) is 11.8 Å². The number of carbonyl (C=O) groups excluding carboxylic acids is 2. The number of nitrogens with one attached hydrogen (secondary N) is 2. The van der Waals surface area contributed by atoms with Crippen LogP contribution < -0.4 is 15.4 Å². The molecule has 7 heteroatoms. The summed E-state index contributed by atoms with van der Waals surface area (Å²) in [6, 6.07) is 18.3. The molecule has 0 saturated carbocycles. The fourth-order valence-corrected chi connectivity index (χ4v) is 3.46. The maximum absolute atomic E-state index is 12.2. The number of hydrogen-bond acceptors (Lipinski definition) is 4. The summed E-state index contributed by atoms with van der Waals surface area (Å²) in [4.78, 5) is 24.8. The molecule has 0 bridgehead atoms. The summed E-state index contributed by atoms with van der Waals surface area (Å²) >= 11 is 4.79. The van der Waals surface area contributed by atoms with Crippen molar-refractivity contribution in [3.63, 3.8) is 0 Å². The van der Waals surface area contributed by atoms with Crippen LogP contribution >= 0.6 is 27.3 Å². The molecule has 2 N–H and O–H groups in total. The van der Waals surface area contributed by atoms with Gasteiger partial charge >= 0.3 is 0 Å². The average molecular weight is 459 g/mol. The minimum absolute atomic E-state index is 0.0951. The zero-order chi connectivity index (χ0) is 19.8. The molecule has 144 valence electrons. The van der Waals surface area contributed by atoms with Crippen molar-refractivity contribution >= 4 is 39.1 Å². The monoisotopic (exact) mass is 458 g/mol. The molecule has 1 heterocycles. The smallest absolute Gasteiger partial charge is 0.261 e. The molecule has 0 saturated heterocycles. The van der Waals surface area contributed by atoms with Crippen LogP contribution in [0.15, 0.2) is 70.5 Å². The summed E-state index contributed by atoms with van der Waals surface area (Å²) < 4.78 is 6.54. The Hall–Kier alpha value is -2.64. The maximum Gasteiger partial charge on any atom is 0.261 e. The molecule has 2 aromatic carbocycles. The van der Waals surface area contributed by atoms with Gasteiger partial charge in [-0.1, -0.05) is 40.2 Å². The molecule has 0 atom stereocenters. The fraction of sp³-hybridized carbons (Fsp3) is 0.143. The minimum atomic E-state index is -0.160. The van der Waals surface area contributed by atoms with Crippen molar-refractivity contribution < 1.29 is 14.3 Å². The standard InChI is InChI=1S/C21H19BrN2O3S/c22-17-3-1-4-18(13-17)27-11-10-23-20(25)16-8-6-15(7-9-16)14-24-21(26)19-5-2-12-28-19/h1-9,12-13H,10-11,14H2,(H,23,25)(H,24,26). The Bertz CT molecular complexity index is 927. The molecule has 1 aromatic heterocycles. The number of carbonyl (C=O) groups is 2. The van der Waals surface area contributed by atoms with E-state index in [1.165, 1.54) is 11.3 Å². The molecular formula is C21H19BrN2O3S. The summed E-state index contributed by atoms with van der Waals surface area (Å²) in [5.41, 5.74) is 1.50. The highest BCUT2D eigenvalue weighted by atomic mass is 79.9. The predicted octanol–water partition coefficient (Wildman–Crippen LogP) is 4.25. The molecular weight excluding hydrogens is 440 g/mol. The number of ether oxygens (including phenoxy) is 1. The summed E-state index contributed by atoms with van der Waals surface area (Å²) in [6.07, 6.45) is 0. The lowest BCUT2D eigenvalue weighted by molar-refractivity contribution is 0.0941. The van der Waals surface area contributed by atoms with Gasteiger partial charge in [0.15, 0.2) is 0 Å². The molecule has 5 nitrogen and oxygen atoms in total. The lowest BCUT2D eigenvalue weighted by Gasteiger charge is -2.09. The minimum Gasteiger partial charge on any atom is -0.492 e. The van der Waals surface area contributed by atoms with Crippen molar-refractivity contribution in [1.29, 1.82) is 0 Å². The van der Waals surface area contributed by atoms with Gasteiger partial charge in [0.1, 0.15) is 12.4 Å². The number of benzene rings is 2. The van der Waals surface area contributed by atoms with Gasteiger partial charge in [-0.05, 0) is 47.3 Å². The van der Waals surface area contributed by atoms with Gasteiger partial charge in [-0.15, -0.1) is 11.3 Å². The van der Waals surface area contributed by atoms with E-state index in [0.29, 0.717) is 30.1 Å². The lowest BCUT2D eigenvalue weighted by Crippen LogP contribution is -2.28. The van der Waals surface area contributed by atoms with Crippen LogP contribution in [0.4, 0.5) is 0 Å². The van der Waals surface area contributed by atoms with Gasteiger partial charge in [0, 0.05) is 16.6 Å². The predicted molar refractivity (Wildman–Crippen MR) is 114 cm³/mol. The highest BCUT2D eigenvalue weighted by Crippen LogP contribution is 2.17. The van der Waals surface area contributed by atoms with Gasteiger partial charge in [-0.2, -0.15) is 0 Å². The van der Waals surface area contributed by atoms with Crippen molar-refractivity contribution in [3.05, 3.63) is 86.5 Å². The molecule has 0 aliphatic carbocycles. The summed E-state index contributed by atoms with van der Waals surface area (Å²) in [5, 5.41) is 7.56. The Morgan fingerprint density at radius 2 is 1.79 bits per heavy atom. The first-order valence-electron chi connectivity index (χ1n) is 8.69. The van der Waals surface area contributed by atoms with Crippen LogP contribution in [0, 0.1) is 0 Å². The van der Waals surface area contributed by atoms with Crippen LogP contribution in [-0.4, -0.2) is 25.0 Å². The van der Waals surface area contributed by atoms with Crippen molar-refractivity contribution in [2.45, 2.75) is 6.54 Å². The van der Waals surface area contributed by atoms with Crippen LogP contribution in [0.1, 0.15) is 25.6 Å². The largest absolute Gasteiger partial charge is 0.492 e. The number of halogens is 1. The second kappa shape index (κ2) is 10.1. The summed E-state index contributed by atoms with van der Waals surface area (Å²) in [6.45, 7) is 1.21. The van der Waals surface area contributed by atoms with Crippen molar-refractivity contribution in [3.8, 4) is 5.75 Å². The van der Waals surface area contributed by atoms with Crippen molar-refractivity contribution in [1.82, 2.24) is 10.6 Å². The van der Waals surface area contributed by atoms with Crippen LogP contribution in [0.25, 0.3) is 0 Å². The van der Waals surface area contributed by atoms with Gasteiger partial charge in [-0.25, -0.2) is 0 Å². The van der Waals surface area contributed by atoms with Crippen molar-refractivity contribution in [2.75, 3.05) is 13.2 Å². The molecule has 2 amide bonds. The highest BCUT2D eigenvalue weighted by Gasteiger charge is 2.07. The van der Waals surface area contributed by atoms with E-state index < -0.39 is 0 Å². The second-order valence-electron chi connectivity index (χ2n) is 5.92. The Morgan fingerprint density at radius 1 is 0.964 bits per heavy atom. The van der Waals surface area contributed by atoms with Crippen LogP contribution in [0.5, 0.6) is 5.75 Å². The van der Waals surface area contributed by atoms with E-state index in [9.17, 15) is 9.59 Å². The molecule has 0 spiro atoms. The third kappa shape index (κ3) is 5.94. The van der Waals surface area contributed by atoms with Gasteiger partial charge in [0.05, 0.1) is 11.4 Å². The van der Waals surface area contributed by atoms with E-state index in [4.69, 9.17) is 4.74 Å². The average Bonchev–Trinajstić information content (AvgIpc) is 3.25. The van der Waals surface area contributed by atoms with Crippen LogP contribution in [0.2, 0.25) is 0 Å². The molecule has 0 aliphatic rings. The molecule has 3 aromatic rings. The third-order valence-corrected chi connectivity index (χ3v) is 5.23. The van der Waals surface area contributed by atoms with E-state index >= 15 is 0 Å². The van der Waals surface area contributed by atoms with Crippen LogP contribution in [0.3, 0.4) is 0 Å². The van der Waals surface area contributed by atoms with E-state index in [1.54, 1.807) is 18.2 Å². The van der Waals surface area contributed by atoms with Crippen molar-refractivity contribution in [2.24, 2.45) is 0 Å². The lowest BCUT2D eigenvalue weighted by atomic mass is 10.1. The van der Waals surface area contributed by atoms with Gasteiger partial charge in [0.2, 0.25) is 0 Å². The molecule has 0 radical (unpaired) electrons. The zero-order valence-electron chi connectivity index (χ0n) is 15.0.